The molecule has 0 radical (unpaired) electrons. The van der Waals surface area contributed by atoms with Gasteiger partial charge >= 0.3 is 0 Å². The number of carbonyl (C=O) groups excluding carboxylic acids is 1. The van der Waals surface area contributed by atoms with E-state index in [1.165, 1.54) is 0 Å². The molecular formula is C17H15N5O3. The number of pyridine rings is 1. The Morgan fingerprint density at radius 1 is 1.12 bits per heavy atom. The average Bonchev–Trinajstić information content (AvgIpc) is 3.24. The molecule has 0 aliphatic carbocycles. The van der Waals surface area contributed by atoms with Gasteiger partial charge in [0.05, 0.1) is 6.20 Å². The lowest BCUT2D eigenvalue weighted by molar-refractivity contribution is 0.102. The van der Waals surface area contributed by atoms with Crippen LogP contribution in [0.25, 0.3) is 0 Å². The molecule has 0 saturated heterocycles. The lowest BCUT2D eigenvalue weighted by Gasteiger charge is -2.09. The first-order chi connectivity index (χ1) is 12.2. The predicted molar refractivity (Wildman–Crippen MR) is 91.2 cm³/mol. The van der Waals surface area contributed by atoms with Crippen molar-refractivity contribution in [3.63, 3.8) is 0 Å². The van der Waals surface area contributed by atoms with E-state index in [4.69, 9.17) is 9.47 Å². The topological polar surface area (TPSA) is 90.3 Å². The third-order valence-electron chi connectivity index (χ3n) is 3.73. The Kier molecular flexibility index (Phi) is 3.70. The predicted octanol–water partition coefficient (Wildman–Crippen LogP) is 2.54. The molecule has 8 nitrogen and oxygen atoms in total. The molecule has 0 atom stereocenters. The van der Waals surface area contributed by atoms with Crippen LogP contribution in [0.1, 0.15) is 10.4 Å². The van der Waals surface area contributed by atoms with E-state index >= 15 is 0 Å². The Morgan fingerprint density at radius 2 is 2.00 bits per heavy atom. The summed E-state index contributed by atoms with van der Waals surface area (Å²) in [7, 11) is 1.82. The van der Waals surface area contributed by atoms with E-state index in [0.717, 1.165) is 5.82 Å². The summed E-state index contributed by atoms with van der Waals surface area (Å²) in [4.78, 5) is 16.7. The number of ether oxygens (including phenoxy) is 2. The fraction of sp³-hybridized carbons (Fsp3) is 0.118. The number of fused-ring (bicyclic) bond motifs is 1. The van der Waals surface area contributed by atoms with Crippen molar-refractivity contribution < 1.29 is 14.3 Å². The molecular weight excluding hydrogens is 322 g/mol. The molecule has 3 heterocycles. The first kappa shape index (κ1) is 15.0. The third kappa shape index (κ3) is 3.09. The summed E-state index contributed by atoms with van der Waals surface area (Å²) < 4.78 is 12.3. The van der Waals surface area contributed by atoms with Crippen LogP contribution in [0.5, 0.6) is 11.5 Å². The molecule has 8 heteroatoms. The zero-order valence-corrected chi connectivity index (χ0v) is 13.4. The standard InChI is InChI=1S/C17H15N5O3/c1-22-16(5-7-19-22)21-15-8-11(4-6-18-15)17(23)20-12-2-3-13-14(9-12)25-10-24-13/h2-9H,10H2,1H3,(H,18,21)(H,20,23). The quantitative estimate of drug-likeness (QED) is 0.760. The zero-order chi connectivity index (χ0) is 17.2. The maximum atomic E-state index is 12.5. The van der Waals surface area contributed by atoms with Crippen molar-refractivity contribution in [2.24, 2.45) is 7.05 Å². The van der Waals surface area contributed by atoms with E-state index in [0.29, 0.717) is 28.6 Å². The van der Waals surface area contributed by atoms with Gasteiger partial charge in [0, 0.05) is 36.6 Å². The molecule has 1 aliphatic rings. The summed E-state index contributed by atoms with van der Waals surface area (Å²) in [5.74, 6) is 2.38. The van der Waals surface area contributed by atoms with Crippen LogP contribution in [0.15, 0.2) is 48.8 Å². The first-order valence-corrected chi connectivity index (χ1v) is 7.61. The molecule has 0 fully saturated rings. The van der Waals surface area contributed by atoms with Gasteiger partial charge in [-0.3, -0.25) is 9.48 Å². The maximum absolute atomic E-state index is 12.5. The van der Waals surface area contributed by atoms with Crippen LogP contribution in [0.2, 0.25) is 0 Å². The lowest BCUT2D eigenvalue weighted by Crippen LogP contribution is -2.12. The molecule has 1 amide bonds. The molecule has 0 bridgehead atoms. The second-order valence-corrected chi connectivity index (χ2v) is 5.42. The molecule has 0 spiro atoms. The smallest absolute Gasteiger partial charge is 0.255 e. The van der Waals surface area contributed by atoms with Crippen molar-refractivity contribution >= 4 is 23.2 Å². The summed E-state index contributed by atoms with van der Waals surface area (Å²) in [6.45, 7) is 0.195. The Morgan fingerprint density at radius 3 is 2.84 bits per heavy atom. The van der Waals surface area contributed by atoms with E-state index < -0.39 is 0 Å². The van der Waals surface area contributed by atoms with Gasteiger partial charge < -0.3 is 20.1 Å². The number of nitrogens with one attached hydrogen (secondary N) is 2. The van der Waals surface area contributed by atoms with Gasteiger partial charge in [-0.05, 0) is 24.3 Å². The number of carbonyl (C=O) groups is 1. The largest absolute Gasteiger partial charge is 0.454 e. The zero-order valence-electron chi connectivity index (χ0n) is 13.4. The Hall–Kier alpha value is -3.55. The van der Waals surface area contributed by atoms with E-state index in [1.54, 1.807) is 47.4 Å². The van der Waals surface area contributed by atoms with Crippen LogP contribution < -0.4 is 20.1 Å². The van der Waals surface area contributed by atoms with Crippen LogP contribution in [-0.4, -0.2) is 27.5 Å². The molecule has 3 aromatic rings. The lowest BCUT2D eigenvalue weighted by atomic mass is 10.2. The van der Waals surface area contributed by atoms with Crippen LogP contribution in [0.4, 0.5) is 17.3 Å². The van der Waals surface area contributed by atoms with Crippen molar-refractivity contribution in [3.8, 4) is 11.5 Å². The van der Waals surface area contributed by atoms with Gasteiger partial charge in [0.15, 0.2) is 11.5 Å². The first-order valence-electron chi connectivity index (χ1n) is 7.61. The van der Waals surface area contributed by atoms with Crippen LogP contribution in [0.3, 0.4) is 0 Å². The normalized spacial score (nSPS) is 12.0. The average molecular weight is 337 g/mol. The number of hydrogen-bond donors (Lipinski definition) is 2. The highest BCUT2D eigenvalue weighted by atomic mass is 16.7. The molecule has 0 saturated carbocycles. The molecule has 25 heavy (non-hydrogen) atoms. The molecule has 1 aliphatic heterocycles. The molecule has 0 unspecified atom stereocenters. The summed E-state index contributed by atoms with van der Waals surface area (Å²) in [6, 6.07) is 10.4. The minimum absolute atomic E-state index is 0.195. The van der Waals surface area contributed by atoms with Gasteiger partial charge in [-0.25, -0.2) is 4.98 Å². The van der Waals surface area contributed by atoms with Crippen molar-refractivity contribution in [3.05, 3.63) is 54.4 Å². The van der Waals surface area contributed by atoms with Crippen molar-refractivity contribution in [1.82, 2.24) is 14.8 Å². The van der Waals surface area contributed by atoms with E-state index in [-0.39, 0.29) is 12.7 Å². The van der Waals surface area contributed by atoms with Crippen LogP contribution in [-0.2, 0) is 7.05 Å². The van der Waals surface area contributed by atoms with Crippen LogP contribution >= 0.6 is 0 Å². The van der Waals surface area contributed by atoms with Crippen molar-refractivity contribution in [1.29, 1.82) is 0 Å². The number of aryl methyl sites for hydroxylation is 1. The Labute approximate surface area is 143 Å². The van der Waals surface area contributed by atoms with E-state index in [9.17, 15) is 4.79 Å². The van der Waals surface area contributed by atoms with Gasteiger partial charge in [0.2, 0.25) is 6.79 Å². The fourth-order valence-electron chi connectivity index (χ4n) is 2.45. The van der Waals surface area contributed by atoms with Gasteiger partial charge in [-0.2, -0.15) is 5.10 Å². The number of amides is 1. The number of rotatable bonds is 4. The summed E-state index contributed by atoms with van der Waals surface area (Å²) in [5, 5.41) is 10.0. The highest BCUT2D eigenvalue weighted by molar-refractivity contribution is 6.04. The van der Waals surface area contributed by atoms with Crippen LogP contribution in [0, 0.1) is 0 Å². The van der Waals surface area contributed by atoms with E-state index in [1.807, 2.05) is 13.1 Å². The maximum Gasteiger partial charge on any atom is 0.255 e. The van der Waals surface area contributed by atoms with Gasteiger partial charge in [0.1, 0.15) is 11.6 Å². The third-order valence-corrected chi connectivity index (χ3v) is 3.73. The van der Waals surface area contributed by atoms with Gasteiger partial charge in [-0.15, -0.1) is 0 Å². The number of aromatic nitrogens is 3. The Balaban J connectivity index is 1.50. The van der Waals surface area contributed by atoms with Gasteiger partial charge in [-0.1, -0.05) is 0 Å². The molecule has 126 valence electrons. The molecule has 1 aromatic carbocycles. The number of benzene rings is 1. The van der Waals surface area contributed by atoms with Crippen molar-refractivity contribution in [2.75, 3.05) is 17.4 Å². The number of anilines is 3. The van der Waals surface area contributed by atoms with Crippen molar-refractivity contribution in [2.45, 2.75) is 0 Å². The summed E-state index contributed by atoms with van der Waals surface area (Å²) >= 11 is 0. The molecule has 2 N–H and O–H groups in total. The highest BCUT2D eigenvalue weighted by Gasteiger charge is 2.15. The van der Waals surface area contributed by atoms with Gasteiger partial charge in [0.25, 0.3) is 5.91 Å². The second kappa shape index (κ2) is 6.16. The monoisotopic (exact) mass is 337 g/mol. The summed E-state index contributed by atoms with van der Waals surface area (Å²) in [5.41, 5.74) is 1.12. The summed E-state index contributed by atoms with van der Waals surface area (Å²) in [6.07, 6.45) is 3.26. The number of nitrogens with zero attached hydrogens (tertiary/aromatic N) is 3. The highest BCUT2D eigenvalue weighted by Crippen LogP contribution is 2.34. The minimum atomic E-state index is -0.241. The number of hydrogen-bond acceptors (Lipinski definition) is 6. The second-order valence-electron chi connectivity index (χ2n) is 5.42. The Bertz CT molecular complexity index is 938. The minimum Gasteiger partial charge on any atom is -0.454 e. The van der Waals surface area contributed by atoms with E-state index in [2.05, 4.69) is 20.7 Å². The molecule has 4 rings (SSSR count). The molecule has 2 aromatic heterocycles. The SMILES string of the molecule is Cn1nccc1Nc1cc(C(=O)Nc2ccc3c(c2)OCO3)ccn1. The fourth-order valence-corrected chi connectivity index (χ4v) is 2.45.